The topological polar surface area (TPSA) is 38.1 Å². The quantitative estimate of drug-likeness (QED) is 0.764. The summed E-state index contributed by atoms with van der Waals surface area (Å²) in [6, 6.07) is 4.16. The molecule has 136 valence electrons. The Labute approximate surface area is 145 Å². The lowest BCUT2D eigenvalue weighted by atomic mass is 9.71. The molecule has 0 radical (unpaired) electrons. The Bertz CT molecular complexity index is 508. The second kappa shape index (κ2) is 8.00. The molecule has 5 heteroatoms. The van der Waals surface area contributed by atoms with E-state index in [1.165, 1.54) is 19.4 Å². The van der Waals surface area contributed by atoms with Crippen LogP contribution in [0.2, 0.25) is 0 Å². The van der Waals surface area contributed by atoms with E-state index in [1.54, 1.807) is 7.11 Å². The van der Waals surface area contributed by atoms with Crippen molar-refractivity contribution < 1.29 is 13.9 Å². The van der Waals surface area contributed by atoms with Gasteiger partial charge in [-0.3, -0.25) is 4.90 Å². The highest BCUT2D eigenvalue weighted by Crippen LogP contribution is 2.44. The first kappa shape index (κ1) is 17.9. The van der Waals surface area contributed by atoms with Crippen molar-refractivity contribution in [1.82, 2.24) is 9.80 Å². The number of hydrogen-bond donors (Lipinski definition) is 0. The van der Waals surface area contributed by atoms with E-state index in [0.717, 1.165) is 57.5 Å². The van der Waals surface area contributed by atoms with Crippen LogP contribution in [0, 0.1) is 18.3 Å². The van der Waals surface area contributed by atoms with Crippen LogP contribution >= 0.6 is 0 Å². The van der Waals surface area contributed by atoms with Crippen LogP contribution in [0.25, 0.3) is 0 Å². The van der Waals surface area contributed by atoms with E-state index in [-0.39, 0.29) is 0 Å². The number of methoxy groups -OCH3 is 2. The maximum absolute atomic E-state index is 5.74. The zero-order valence-electron chi connectivity index (χ0n) is 15.4. The molecule has 0 aliphatic carbocycles. The van der Waals surface area contributed by atoms with E-state index in [2.05, 4.69) is 21.9 Å². The molecule has 1 aromatic rings. The van der Waals surface area contributed by atoms with Crippen molar-refractivity contribution in [3.05, 3.63) is 23.7 Å². The average molecular weight is 336 g/mol. The number of aryl methyl sites for hydroxylation is 1. The fourth-order valence-corrected chi connectivity index (χ4v) is 4.48. The monoisotopic (exact) mass is 336 g/mol. The molecule has 24 heavy (non-hydrogen) atoms. The SMILES string of the molecule is COCCN1CC(COC)C2(CCN(Cc3ccc(C)o3)CC2)C1. The summed E-state index contributed by atoms with van der Waals surface area (Å²) in [4.78, 5) is 5.10. The molecule has 0 amide bonds. The Kier molecular flexibility index (Phi) is 5.98. The maximum Gasteiger partial charge on any atom is 0.118 e. The van der Waals surface area contributed by atoms with Gasteiger partial charge in [0.05, 0.1) is 19.8 Å². The summed E-state index contributed by atoms with van der Waals surface area (Å²) in [7, 11) is 3.62. The van der Waals surface area contributed by atoms with E-state index in [1.807, 2.05) is 14.0 Å². The van der Waals surface area contributed by atoms with E-state index < -0.39 is 0 Å². The van der Waals surface area contributed by atoms with Gasteiger partial charge in [-0.1, -0.05) is 0 Å². The van der Waals surface area contributed by atoms with Gasteiger partial charge in [-0.2, -0.15) is 0 Å². The van der Waals surface area contributed by atoms with Crippen LogP contribution in [-0.2, 0) is 16.0 Å². The van der Waals surface area contributed by atoms with Crippen LogP contribution < -0.4 is 0 Å². The molecule has 2 fully saturated rings. The van der Waals surface area contributed by atoms with Gasteiger partial charge in [0.15, 0.2) is 0 Å². The van der Waals surface area contributed by atoms with Crippen molar-refractivity contribution >= 4 is 0 Å². The summed E-state index contributed by atoms with van der Waals surface area (Å²) >= 11 is 0. The third kappa shape index (κ3) is 4.02. The molecule has 1 aromatic heterocycles. The molecule has 2 aliphatic rings. The van der Waals surface area contributed by atoms with Crippen LogP contribution in [0.15, 0.2) is 16.5 Å². The molecule has 2 aliphatic heterocycles. The number of nitrogens with zero attached hydrogens (tertiary/aromatic N) is 2. The van der Waals surface area contributed by atoms with Gasteiger partial charge in [-0.15, -0.1) is 0 Å². The summed E-state index contributed by atoms with van der Waals surface area (Å²) in [5.74, 6) is 2.74. The lowest BCUT2D eigenvalue weighted by Crippen LogP contribution is -2.45. The molecule has 1 atom stereocenters. The summed E-state index contributed by atoms with van der Waals surface area (Å²) in [5, 5.41) is 0. The molecule has 5 nitrogen and oxygen atoms in total. The number of hydrogen-bond acceptors (Lipinski definition) is 5. The number of furan rings is 1. The third-order valence-electron chi connectivity index (χ3n) is 5.89. The summed E-state index contributed by atoms with van der Waals surface area (Å²) in [5.41, 5.74) is 0.416. The van der Waals surface area contributed by atoms with Crippen molar-refractivity contribution in [2.75, 3.05) is 60.2 Å². The highest BCUT2D eigenvalue weighted by atomic mass is 16.5. The fourth-order valence-electron chi connectivity index (χ4n) is 4.48. The van der Waals surface area contributed by atoms with Crippen molar-refractivity contribution in [3.63, 3.8) is 0 Å². The van der Waals surface area contributed by atoms with Crippen molar-refractivity contribution in [2.24, 2.45) is 11.3 Å². The first-order valence-electron chi connectivity index (χ1n) is 9.13. The Morgan fingerprint density at radius 3 is 2.58 bits per heavy atom. The van der Waals surface area contributed by atoms with Crippen molar-refractivity contribution in [1.29, 1.82) is 0 Å². The van der Waals surface area contributed by atoms with Crippen molar-refractivity contribution in [3.8, 4) is 0 Å². The van der Waals surface area contributed by atoms with Crippen LogP contribution in [-0.4, -0.2) is 70.0 Å². The zero-order chi connectivity index (χ0) is 17.0. The Hall–Kier alpha value is -0.880. The van der Waals surface area contributed by atoms with Gasteiger partial charge in [0.2, 0.25) is 0 Å². The number of rotatable bonds is 7. The smallest absolute Gasteiger partial charge is 0.118 e. The first-order chi connectivity index (χ1) is 11.6. The highest BCUT2D eigenvalue weighted by Gasteiger charge is 2.47. The minimum atomic E-state index is 0.416. The zero-order valence-corrected chi connectivity index (χ0v) is 15.4. The third-order valence-corrected chi connectivity index (χ3v) is 5.89. The van der Waals surface area contributed by atoms with Gasteiger partial charge >= 0.3 is 0 Å². The van der Waals surface area contributed by atoms with Crippen LogP contribution in [0.5, 0.6) is 0 Å². The predicted molar refractivity (Wildman–Crippen MR) is 94.1 cm³/mol. The number of piperidine rings is 1. The number of likely N-dealkylation sites (tertiary alicyclic amines) is 2. The molecule has 0 bridgehead atoms. The Morgan fingerprint density at radius 2 is 1.96 bits per heavy atom. The Balaban J connectivity index is 1.57. The molecule has 0 aromatic carbocycles. The lowest BCUT2D eigenvalue weighted by Gasteiger charge is -2.42. The molecule has 0 N–H and O–H groups in total. The van der Waals surface area contributed by atoms with Crippen LogP contribution in [0.1, 0.15) is 24.4 Å². The minimum absolute atomic E-state index is 0.416. The summed E-state index contributed by atoms with van der Waals surface area (Å²) < 4.78 is 16.6. The van der Waals surface area contributed by atoms with E-state index in [9.17, 15) is 0 Å². The highest BCUT2D eigenvalue weighted by molar-refractivity contribution is 5.06. The largest absolute Gasteiger partial charge is 0.465 e. The molecule has 1 unspecified atom stereocenters. The van der Waals surface area contributed by atoms with Crippen LogP contribution in [0.4, 0.5) is 0 Å². The predicted octanol–water partition coefficient (Wildman–Crippen LogP) is 2.39. The molecule has 3 heterocycles. The molecule has 0 saturated carbocycles. The normalized spacial score (nSPS) is 24.9. The summed E-state index contributed by atoms with van der Waals surface area (Å²) in [6.45, 7) is 10.3. The van der Waals surface area contributed by atoms with Gasteiger partial charge in [0.1, 0.15) is 11.5 Å². The standard InChI is InChI=1S/C19H32N2O3/c1-16-4-5-18(24-16)13-20-8-6-19(7-9-20)15-21(10-11-22-2)12-17(19)14-23-3/h4-5,17H,6-15H2,1-3H3. The van der Waals surface area contributed by atoms with E-state index in [4.69, 9.17) is 13.9 Å². The Morgan fingerprint density at radius 1 is 1.17 bits per heavy atom. The summed E-state index contributed by atoms with van der Waals surface area (Å²) in [6.07, 6.45) is 2.51. The molecule has 2 saturated heterocycles. The fraction of sp³-hybridized carbons (Fsp3) is 0.789. The average Bonchev–Trinajstić information content (AvgIpc) is 3.13. The van der Waals surface area contributed by atoms with E-state index in [0.29, 0.717) is 11.3 Å². The molecule has 3 rings (SSSR count). The minimum Gasteiger partial charge on any atom is -0.465 e. The maximum atomic E-state index is 5.74. The number of ether oxygens (including phenoxy) is 2. The molecular weight excluding hydrogens is 304 g/mol. The van der Waals surface area contributed by atoms with Crippen molar-refractivity contribution in [2.45, 2.75) is 26.3 Å². The van der Waals surface area contributed by atoms with Gasteiger partial charge < -0.3 is 18.8 Å². The van der Waals surface area contributed by atoms with Gasteiger partial charge in [-0.05, 0) is 50.4 Å². The van der Waals surface area contributed by atoms with Gasteiger partial charge in [0.25, 0.3) is 0 Å². The van der Waals surface area contributed by atoms with Gasteiger partial charge in [-0.25, -0.2) is 0 Å². The second-order valence-electron chi connectivity index (χ2n) is 7.53. The lowest BCUT2D eigenvalue weighted by molar-refractivity contribution is 0.0328. The van der Waals surface area contributed by atoms with Crippen LogP contribution in [0.3, 0.4) is 0 Å². The molecule has 1 spiro atoms. The first-order valence-corrected chi connectivity index (χ1v) is 9.13. The molecular formula is C19H32N2O3. The second-order valence-corrected chi connectivity index (χ2v) is 7.53. The van der Waals surface area contributed by atoms with Gasteiger partial charge in [0, 0.05) is 39.8 Å². The van der Waals surface area contributed by atoms with E-state index >= 15 is 0 Å².